The highest BCUT2D eigenvalue weighted by molar-refractivity contribution is 5.34. The average molecular weight is 319 g/mol. The molecule has 1 aromatic heterocycles. The summed E-state index contributed by atoms with van der Waals surface area (Å²) in [5.41, 5.74) is 2.78. The minimum absolute atomic E-state index is 0.264. The highest BCUT2D eigenvalue weighted by atomic mass is 19.1. The number of hydrogen-bond acceptors (Lipinski definition) is 4. The molecule has 6 heteroatoms. The van der Waals surface area contributed by atoms with E-state index in [1.165, 1.54) is 7.11 Å². The van der Waals surface area contributed by atoms with Gasteiger partial charge in [0.2, 0.25) is 0 Å². The molecule has 5 nitrogen and oxygen atoms in total. The zero-order valence-corrected chi connectivity index (χ0v) is 13.5. The zero-order chi connectivity index (χ0) is 16.3. The number of ether oxygens (including phenoxy) is 2. The van der Waals surface area contributed by atoms with Gasteiger partial charge in [0, 0.05) is 25.3 Å². The van der Waals surface area contributed by atoms with Crippen LogP contribution in [0.5, 0.6) is 5.75 Å². The number of H-pyrrole nitrogens is 1. The molecule has 0 unspecified atom stereocenters. The van der Waals surface area contributed by atoms with Gasteiger partial charge in [-0.15, -0.1) is 0 Å². The van der Waals surface area contributed by atoms with Crippen LogP contribution in [-0.4, -0.2) is 30.5 Å². The predicted octanol–water partition coefficient (Wildman–Crippen LogP) is 2.66. The number of hydrogen-bond donors (Lipinski definition) is 2. The van der Waals surface area contributed by atoms with Crippen molar-refractivity contribution in [1.29, 1.82) is 0 Å². The molecule has 1 fully saturated rings. The third-order valence-corrected chi connectivity index (χ3v) is 4.59. The van der Waals surface area contributed by atoms with Crippen LogP contribution in [0.15, 0.2) is 24.4 Å². The molecule has 23 heavy (non-hydrogen) atoms. The molecule has 0 atom stereocenters. The Morgan fingerprint density at radius 2 is 2.17 bits per heavy atom. The standard InChI is InChI=1S/C17H22FN3O2/c1-12-10-20-21-15(12)11-19-17(5-7-23-8-6-17)13-3-4-16(22-2)14(18)9-13/h3-4,9-10,19H,5-8,11H2,1-2H3,(H,20,21). The Balaban J connectivity index is 1.87. The van der Waals surface area contributed by atoms with Crippen LogP contribution in [-0.2, 0) is 16.8 Å². The molecular weight excluding hydrogens is 297 g/mol. The molecule has 0 spiro atoms. The number of nitrogens with zero attached hydrogens (tertiary/aromatic N) is 1. The molecule has 0 aliphatic carbocycles. The Morgan fingerprint density at radius 1 is 1.39 bits per heavy atom. The molecule has 124 valence electrons. The highest BCUT2D eigenvalue weighted by Gasteiger charge is 2.34. The molecule has 0 radical (unpaired) electrons. The van der Waals surface area contributed by atoms with E-state index in [-0.39, 0.29) is 17.1 Å². The lowest BCUT2D eigenvalue weighted by Crippen LogP contribution is -2.46. The number of halogens is 1. The summed E-state index contributed by atoms with van der Waals surface area (Å²) in [6, 6.07) is 5.18. The number of nitrogens with one attached hydrogen (secondary N) is 2. The Labute approximate surface area is 135 Å². The number of benzene rings is 1. The molecule has 0 saturated carbocycles. The first kappa shape index (κ1) is 16.0. The SMILES string of the molecule is COc1ccc(C2(NCc3[nH]ncc3C)CCOCC2)cc1F. The normalized spacial score (nSPS) is 17.2. The van der Waals surface area contributed by atoms with Crippen molar-refractivity contribution in [3.63, 3.8) is 0 Å². The van der Waals surface area contributed by atoms with Crippen molar-refractivity contribution in [2.75, 3.05) is 20.3 Å². The van der Waals surface area contributed by atoms with Crippen molar-refractivity contribution in [1.82, 2.24) is 15.5 Å². The molecular formula is C17H22FN3O2. The van der Waals surface area contributed by atoms with Crippen molar-refractivity contribution in [2.24, 2.45) is 0 Å². The van der Waals surface area contributed by atoms with Gasteiger partial charge in [-0.25, -0.2) is 4.39 Å². The second kappa shape index (κ2) is 6.68. The summed E-state index contributed by atoms with van der Waals surface area (Å²) in [7, 11) is 1.47. The van der Waals surface area contributed by atoms with Crippen molar-refractivity contribution in [3.05, 3.63) is 47.0 Å². The van der Waals surface area contributed by atoms with Crippen LogP contribution >= 0.6 is 0 Å². The lowest BCUT2D eigenvalue weighted by Gasteiger charge is -2.39. The molecule has 2 aromatic rings. The van der Waals surface area contributed by atoms with E-state index in [1.807, 2.05) is 13.0 Å². The van der Waals surface area contributed by atoms with Gasteiger partial charge < -0.3 is 14.8 Å². The summed E-state index contributed by atoms with van der Waals surface area (Å²) < 4.78 is 24.7. The quantitative estimate of drug-likeness (QED) is 0.889. The van der Waals surface area contributed by atoms with E-state index in [2.05, 4.69) is 15.5 Å². The van der Waals surface area contributed by atoms with Crippen LogP contribution in [0.1, 0.15) is 29.7 Å². The predicted molar refractivity (Wildman–Crippen MR) is 84.8 cm³/mol. The average Bonchev–Trinajstić information content (AvgIpc) is 2.99. The molecule has 2 heterocycles. The molecule has 0 amide bonds. The number of aromatic nitrogens is 2. The first-order valence-electron chi connectivity index (χ1n) is 7.80. The topological polar surface area (TPSA) is 59.2 Å². The Bertz CT molecular complexity index is 666. The Hall–Kier alpha value is -1.92. The lowest BCUT2D eigenvalue weighted by atomic mass is 9.82. The fourth-order valence-electron chi connectivity index (χ4n) is 3.06. The van der Waals surface area contributed by atoms with E-state index in [9.17, 15) is 4.39 Å². The van der Waals surface area contributed by atoms with Crippen LogP contribution in [0.2, 0.25) is 0 Å². The van der Waals surface area contributed by atoms with Gasteiger partial charge in [-0.1, -0.05) is 6.07 Å². The van der Waals surface area contributed by atoms with E-state index in [0.29, 0.717) is 19.8 Å². The molecule has 1 saturated heterocycles. The van der Waals surface area contributed by atoms with Crippen molar-refractivity contribution in [3.8, 4) is 5.75 Å². The maximum atomic E-state index is 14.2. The van der Waals surface area contributed by atoms with Gasteiger partial charge in [0.25, 0.3) is 0 Å². The zero-order valence-electron chi connectivity index (χ0n) is 13.5. The summed E-state index contributed by atoms with van der Waals surface area (Å²) in [5.74, 6) is -0.0734. The van der Waals surface area contributed by atoms with E-state index >= 15 is 0 Å². The molecule has 0 bridgehead atoms. The Kier molecular flexibility index (Phi) is 4.63. The maximum Gasteiger partial charge on any atom is 0.165 e. The number of aryl methyl sites for hydroxylation is 1. The first-order valence-corrected chi connectivity index (χ1v) is 7.80. The molecule has 1 aliphatic heterocycles. The first-order chi connectivity index (χ1) is 11.1. The summed E-state index contributed by atoms with van der Waals surface area (Å²) in [6.45, 7) is 3.98. The van der Waals surface area contributed by atoms with Crippen molar-refractivity contribution >= 4 is 0 Å². The maximum absolute atomic E-state index is 14.2. The lowest BCUT2D eigenvalue weighted by molar-refractivity contribution is 0.0355. The van der Waals surface area contributed by atoms with Gasteiger partial charge in [-0.2, -0.15) is 5.10 Å². The second-order valence-corrected chi connectivity index (χ2v) is 5.93. The van der Waals surface area contributed by atoms with E-state index in [4.69, 9.17) is 9.47 Å². The summed E-state index contributed by atoms with van der Waals surface area (Å²) in [5, 5.41) is 10.7. The van der Waals surface area contributed by atoms with Crippen LogP contribution < -0.4 is 10.1 Å². The summed E-state index contributed by atoms with van der Waals surface area (Å²) >= 11 is 0. The van der Waals surface area contributed by atoms with Crippen LogP contribution in [0.4, 0.5) is 4.39 Å². The second-order valence-electron chi connectivity index (χ2n) is 5.93. The monoisotopic (exact) mass is 319 g/mol. The van der Waals surface area contributed by atoms with Gasteiger partial charge in [-0.3, -0.25) is 5.10 Å². The molecule has 3 rings (SSSR count). The highest BCUT2D eigenvalue weighted by Crippen LogP contribution is 2.34. The van der Waals surface area contributed by atoms with Gasteiger partial charge >= 0.3 is 0 Å². The minimum atomic E-state index is -0.338. The third kappa shape index (κ3) is 3.23. The fraction of sp³-hybridized carbons (Fsp3) is 0.471. The number of rotatable bonds is 5. The summed E-state index contributed by atoms with van der Waals surface area (Å²) in [4.78, 5) is 0. The van der Waals surface area contributed by atoms with Gasteiger partial charge in [-0.05, 0) is 43.0 Å². The van der Waals surface area contributed by atoms with Gasteiger partial charge in [0.1, 0.15) is 0 Å². The molecule has 1 aromatic carbocycles. The fourth-order valence-corrected chi connectivity index (χ4v) is 3.06. The van der Waals surface area contributed by atoms with E-state index in [1.54, 1.807) is 18.3 Å². The minimum Gasteiger partial charge on any atom is -0.494 e. The number of methoxy groups -OCH3 is 1. The van der Waals surface area contributed by atoms with Crippen molar-refractivity contribution in [2.45, 2.75) is 31.8 Å². The number of aromatic amines is 1. The van der Waals surface area contributed by atoms with E-state index < -0.39 is 0 Å². The van der Waals surface area contributed by atoms with Gasteiger partial charge in [0.05, 0.1) is 19.0 Å². The largest absolute Gasteiger partial charge is 0.494 e. The Morgan fingerprint density at radius 3 is 2.78 bits per heavy atom. The van der Waals surface area contributed by atoms with Crippen LogP contribution in [0, 0.1) is 12.7 Å². The van der Waals surface area contributed by atoms with Crippen LogP contribution in [0.3, 0.4) is 0 Å². The summed E-state index contributed by atoms with van der Waals surface area (Å²) in [6.07, 6.45) is 3.40. The van der Waals surface area contributed by atoms with Crippen molar-refractivity contribution < 1.29 is 13.9 Å². The molecule has 1 aliphatic rings. The van der Waals surface area contributed by atoms with Crippen LogP contribution in [0.25, 0.3) is 0 Å². The van der Waals surface area contributed by atoms with Gasteiger partial charge in [0.15, 0.2) is 11.6 Å². The smallest absolute Gasteiger partial charge is 0.165 e. The molecule has 2 N–H and O–H groups in total. The van der Waals surface area contributed by atoms with E-state index in [0.717, 1.165) is 29.7 Å². The third-order valence-electron chi connectivity index (χ3n) is 4.59.